The number of benzene rings is 1. The van der Waals surface area contributed by atoms with Crippen molar-refractivity contribution in [2.45, 2.75) is 25.4 Å². The van der Waals surface area contributed by atoms with Crippen molar-refractivity contribution in [3.05, 3.63) is 47.9 Å². The molecule has 2 N–H and O–H groups in total. The highest BCUT2D eigenvalue weighted by Crippen LogP contribution is 2.24. The van der Waals surface area contributed by atoms with Crippen molar-refractivity contribution in [1.29, 1.82) is 0 Å². The number of hydrogen-bond acceptors (Lipinski definition) is 4. The molecule has 5 rings (SSSR count). The largest absolute Gasteiger partial charge is 0.379 e. The predicted octanol–water partition coefficient (Wildman–Crippen LogP) is 2.18. The molecule has 2 aliphatic heterocycles. The average molecular weight is 379 g/mol. The van der Waals surface area contributed by atoms with Gasteiger partial charge in [-0.3, -0.25) is 14.3 Å². The lowest BCUT2D eigenvalue weighted by atomic mass is 10.1. The molecule has 3 aromatic rings. The maximum atomic E-state index is 12.7. The molecule has 1 saturated heterocycles. The predicted molar refractivity (Wildman–Crippen MR) is 104 cm³/mol. The molecule has 2 aliphatic rings. The number of rotatable bonds is 3. The zero-order valence-corrected chi connectivity index (χ0v) is 15.4. The maximum Gasteiger partial charge on any atom is 0.267 e. The molecule has 8 nitrogen and oxygen atoms in total. The average Bonchev–Trinajstić information content (AvgIpc) is 3.42. The van der Waals surface area contributed by atoms with Gasteiger partial charge >= 0.3 is 0 Å². The van der Waals surface area contributed by atoms with Crippen molar-refractivity contribution in [1.82, 2.24) is 19.7 Å². The Bertz CT molecular complexity index is 1060. The lowest BCUT2D eigenvalue weighted by molar-refractivity contribution is 0.0950. The molecule has 8 heteroatoms. The minimum atomic E-state index is -0.197. The Morgan fingerprint density at radius 3 is 3.11 bits per heavy atom. The first-order chi connectivity index (χ1) is 13.7. The SMILES string of the molecule is O=C(Nc1cnn(C2CCOC2)c1)c1ccc2cc3n(c2c1)CCCNC3=O. The van der Waals surface area contributed by atoms with E-state index in [-0.39, 0.29) is 17.9 Å². The van der Waals surface area contributed by atoms with Gasteiger partial charge in [0.25, 0.3) is 11.8 Å². The van der Waals surface area contributed by atoms with Crippen LogP contribution in [0, 0.1) is 0 Å². The third-order valence-electron chi connectivity index (χ3n) is 5.38. The number of nitrogens with zero attached hydrogens (tertiary/aromatic N) is 3. The summed E-state index contributed by atoms with van der Waals surface area (Å²) in [6, 6.07) is 7.63. The van der Waals surface area contributed by atoms with Gasteiger partial charge in [-0.2, -0.15) is 5.10 Å². The minimum absolute atomic E-state index is 0.0667. The standard InChI is InChI=1S/C20H21N5O3/c26-19(23-15-10-22-25(11-15)16-4-7-28-12-16)14-3-2-13-8-18-20(27)21-5-1-6-24(18)17(13)9-14/h2-3,8-11,16H,1,4-7,12H2,(H,21,27)(H,23,26). The Balaban J connectivity index is 1.40. The first-order valence-electron chi connectivity index (χ1n) is 9.54. The van der Waals surface area contributed by atoms with E-state index in [0.29, 0.717) is 30.1 Å². The molecule has 2 amide bonds. The van der Waals surface area contributed by atoms with Crippen LogP contribution in [0.2, 0.25) is 0 Å². The van der Waals surface area contributed by atoms with E-state index in [1.807, 2.05) is 33.6 Å². The summed E-state index contributed by atoms with van der Waals surface area (Å²) in [6.45, 7) is 2.81. The van der Waals surface area contributed by atoms with E-state index in [1.165, 1.54) is 0 Å². The summed E-state index contributed by atoms with van der Waals surface area (Å²) < 4.78 is 9.22. The van der Waals surface area contributed by atoms with Crippen LogP contribution in [0.25, 0.3) is 10.9 Å². The molecular weight excluding hydrogens is 358 g/mol. The number of carbonyl (C=O) groups excluding carboxylic acids is 2. The number of fused-ring (bicyclic) bond motifs is 3. The van der Waals surface area contributed by atoms with E-state index in [9.17, 15) is 9.59 Å². The Hall–Kier alpha value is -3.13. The van der Waals surface area contributed by atoms with E-state index < -0.39 is 0 Å². The zero-order valence-electron chi connectivity index (χ0n) is 15.4. The van der Waals surface area contributed by atoms with Crippen molar-refractivity contribution in [3.63, 3.8) is 0 Å². The second-order valence-electron chi connectivity index (χ2n) is 7.24. The first-order valence-corrected chi connectivity index (χ1v) is 9.54. The highest BCUT2D eigenvalue weighted by Gasteiger charge is 2.20. The van der Waals surface area contributed by atoms with Crippen molar-refractivity contribution in [2.75, 3.05) is 25.1 Å². The van der Waals surface area contributed by atoms with E-state index >= 15 is 0 Å². The molecular formula is C20H21N5O3. The van der Waals surface area contributed by atoms with Crippen LogP contribution in [0.4, 0.5) is 5.69 Å². The molecule has 28 heavy (non-hydrogen) atoms. The number of aryl methyl sites for hydroxylation is 1. The van der Waals surface area contributed by atoms with Gasteiger partial charge in [0.05, 0.1) is 24.5 Å². The number of anilines is 1. The van der Waals surface area contributed by atoms with Gasteiger partial charge in [0, 0.05) is 42.4 Å². The van der Waals surface area contributed by atoms with E-state index in [2.05, 4.69) is 15.7 Å². The Kier molecular flexibility index (Phi) is 4.12. The fraction of sp³-hybridized carbons (Fsp3) is 0.350. The fourth-order valence-electron chi connectivity index (χ4n) is 3.89. The van der Waals surface area contributed by atoms with Crippen molar-refractivity contribution in [3.8, 4) is 0 Å². The number of hydrogen-bond donors (Lipinski definition) is 2. The molecule has 0 spiro atoms. The quantitative estimate of drug-likeness (QED) is 0.730. The summed E-state index contributed by atoms with van der Waals surface area (Å²) in [4.78, 5) is 25.0. The highest BCUT2D eigenvalue weighted by molar-refractivity contribution is 6.07. The van der Waals surface area contributed by atoms with Crippen molar-refractivity contribution >= 4 is 28.4 Å². The molecule has 1 fully saturated rings. The second-order valence-corrected chi connectivity index (χ2v) is 7.24. The van der Waals surface area contributed by atoms with Crippen LogP contribution in [0.3, 0.4) is 0 Å². The minimum Gasteiger partial charge on any atom is -0.379 e. The topological polar surface area (TPSA) is 90.2 Å². The Labute approximate surface area is 161 Å². The van der Waals surface area contributed by atoms with Gasteiger partial charge < -0.3 is 19.9 Å². The molecule has 0 bridgehead atoms. The van der Waals surface area contributed by atoms with Gasteiger partial charge in [-0.1, -0.05) is 6.07 Å². The number of ether oxygens (including phenoxy) is 1. The smallest absolute Gasteiger partial charge is 0.267 e. The van der Waals surface area contributed by atoms with Crippen LogP contribution in [-0.2, 0) is 11.3 Å². The van der Waals surface area contributed by atoms with Crippen LogP contribution in [0.5, 0.6) is 0 Å². The van der Waals surface area contributed by atoms with Gasteiger partial charge in [0.2, 0.25) is 0 Å². The summed E-state index contributed by atoms with van der Waals surface area (Å²) in [5.74, 6) is -0.263. The zero-order chi connectivity index (χ0) is 19.1. The molecule has 144 valence electrons. The van der Waals surface area contributed by atoms with E-state index in [1.54, 1.807) is 12.3 Å². The highest BCUT2D eigenvalue weighted by atomic mass is 16.5. The number of aromatic nitrogens is 3. The summed E-state index contributed by atoms with van der Waals surface area (Å²) in [7, 11) is 0. The van der Waals surface area contributed by atoms with Crippen LogP contribution >= 0.6 is 0 Å². The number of nitrogens with one attached hydrogen (secondary N) is 2. The van der Waals surface area contributed by atoms with Gasteiger partial charge in [0.15, 0.2) is 0 Å². The molecule has 0 radical (unpaired) electrons. The van der Waals surface area contributed by atoms with Gasteiger partial charge in [-0.15, -0.1) is 0 Å². The molecule has 2 aromatic heterocycles. The first kappa shape index (κ1) is 17.0. The maximum absolute atomic E-state index is 12.7. The molecule has 4 heterocycles. The van der Waals surface area contributed by atoms with Crippen LogP contribution in [-0.4, -0.2) is 45.9 Å². The normalized spacial score (nSPS) is 19.3. The van der Waals surface area contributed by atoms with Crippen molar-refractivity contribution < 1.29 is 14.3 Å². The lowest BCUT2D eigenvalue weighted by Crippen LogP contribution is -2.22. The third-order valence-corrected chi connectivity index (χ3v) is 5.38. The molecule has 0 aliphatic carbocycles. The number of carbonyl (C=O) groups is 2. The van der Waals surface area contributed by atoms with Crippen LogP contribution in [0.1, 0.15) is 39.7 Å². The second kappa shape index (κ2) is 6.79. The fourth-order valence-corrected chi connectivity index (χ4v) is 3.89. The van der Waals surface area contributed by atoms with E-state index in [0.717, 1.165) is 36.9 Å². The molecule has 1 atom stereocenters. The van der Waals surface area contributed by atoms with Crippen LogP contribution in [0.15, 0.2) is 36.7 Å². The van der Waals surface area contributed by atoms with Gasteiger partial charge in [-0.25, -0.2) is 0 Å². The molecule has 1 aromatic carbocycles. The van der Waals surface area contributed by atoms with Gasteiger partial charge in [0.1, 0.15) is 5.69 Å². The summed E-state index contributed by atoms with van der Waals surface area (Å²) in [6.07, 6.45) is 5.29. The number of amides is 2. The third kappa shape index (κ3) is 2.95. The Morgan fingerprint density at radius 1 is 1.32 bits per heavy atom. The van der Waals surface area contributed by atoms with Crippen LogP contribution < -0.4 is 10.6 Å². The van der Waals surface area contributed by atoms with Crippen molar-refractivity contribution in [2.24, 2.45) is 0 Å². The lowest BCUT2D eigenvalue weighted by Gasteiger charge is -2.08. The summed E-state index contributed by atoms with van der Waals surface area (Å²) in [5, 5.41) is 11.1. The monoisotopic (exact) mass is 379 g/mol. The summed E-state index contributed by atoms with van der Waals surface area (Å²) >= 11 is 0. The Morgan fingerprint density at radius 2 is 2.25 bits per heavy atom. The molecule has 0 saturated carbocycles. The van der Waals surface area contributed by atoms with E-state index in [4.69, 9.17) is 4.74 Å². The molecule has 1 unspecified atom stereocenters. The van der Waals surface area contributed by atoms with Gasteiger partial charge in [-0.05, 0) is 31.0 Å². The summed E-state index contributed by atoms with van der Waals surface area (Å²) in [5.41, 5.74) is 2.75.